The minimum atomic E-state index is -0.574. The van der Waals surface area contributed by atoms with Crippen molar-refractivity contribution in [2.75, 3.05) is 18.4 Å². The van der Waals surface area contributed by atoms with Crippen LogP contribution in [0.2, 0.25) is 0 Å². The van der Waals surface area contributed by atoms with Crippen LogP contribution in [0.25, 0.3) is 0 Å². The number of rotatable bonds is 3. The largest absolute Gasteiger partial charge is 0.329 e. The fourth-order valence-electron chi connectivity index (χ4n) is 1.26. The summed E-state index contributed by atoms with van der Waals surface area (Å²) in [5.41, 5.74) is 5.71. The lowest BCUT2D eigenvalue weighted by Crippen LogP contribution is -2.41. The van der Waals surface area contributed by atoms with Gasteiger partial charge in [-0.05, 0) is 24.3 Å². The van der Waals surface area contributed by atoms with Gasteiger partial charge in [0.05, 0.1) is 0 Å². The highest BCUT2D eigenvalue weighted by Crippen LogP contribution is 2.09. The van der Waals surface area contributed by atoms with Gasteiger partial charge < -0.3 is 11.1 Å². The molecule has 0 spiro atoms. The van der Waals surface area contributed by atoms with Gasteiger partial charge in [-0.15, -0.1) is 0 Å². The lowest BCUT2D eigenvalue weighted by Gasteiger charge is -2.18. The molecule has 0 atom stereocenters. The van der Waals surface area contributed by atoms with Gasteiger partial charge in [-0.25, -0.2) is 9.18 Å². The Hall–Kier alpha value is -1.95. The summed E-state index contributed by atoms with van der Waals surface area (Å²) >= 11 is 0. The van der Waals surface area contributed by atoms with E-state index in [0.717, 1.165) is 4.90 Å². The molecule has 0 bridgehead atoms. The van der Waals surface area contributed by atoms with Crippen LogP contribution in [-0.2, 0) is 4.79 Å². The first-order valence-corrected chi connectivity index (χ1v) is 5.09. The van der Waals surface area contributed by atoms with Crippen LogP contribution in [-0.4, -0.2) is 29.9 Å². The Morgan fingerprint density at radius 3 is 2.41 bits per heavy atom. The van der Waals surface area contributed by atoms with Crippen molar-refractivity contribution in [2.24, 2.45) is 5.73 Å². The minimum absolute atomic E-state index is 0.141. The number of nitrogens with two attached hydrogens (primary N) is 1. The summed E-state index contributed by atoms with van der Waals surface area (Å²) in [5, 5.41) is 2.48. The summed E-state index contributed by atoms with van der Waals surface area (Å²) in [4.78, 5) is 23.8. The highest BCUT2D eigenvalue weighted by molar-refractivity contribution is 6.00. The van der Waals surface area contributed by atoms with Crippen LogP contribution in [0.1, 0.15) is 6.92 Å². The van der Waals surface area contributed by atoms with Crippen LogP contribution in [0.15, 0.2) is 24.3 Å². The van der Waals surface area contributed by atoms with E-state index in [1.807, 2.05) is 0 Å². The SMILES string of the molecule is CC(=O)N(CCN)C(=O)Nc1ccc(F)cc1. The molecule has 0 aliphatic rings. The minimum Gasteiger partial charge on any atom is -0.329 e. The highest BCUT2D eigenvalue weighted by atomic mass is 19.1. The van der Waals surface area contributed by atoms with E-state index >= 15 is 0 Å². The van der Waals surface area contributed by atoms with E-state index in [1.54, 1.807) is 0 Å². The number of imide groups is 1. The first kappa shape index (κ1) is 13.1. The Labute approximate surface area is 98.4 Å². The second-order valence-corrected chi connectivity index (χ2v) is 3.40. The number of amides is 3. The molecule has 6 heteroatoms. The van der Waals surface area contributed by atoms with Crippen molar-refractivity contribution in [1.29, 1.82) is 0 Å². The zero-order chi connectivity index (χ0) is 12.8. The van der Waals surface area contributed by atoms with Crippen LogP contribution in [0.4, 0.5) is 14.9 Å². The molecule has 0 aromatic heterocycles. The lowest BCUT2D eigenvalue weighted by molar-refractivity contribution is -0.125. The van der Waals surface area contributed by atoms with Gasteiger partial charge in [0, 0.05) is 25.7 Å². The van der Waals surface area contributed by atoms with Crippen molar-refractivity contribution in [3.05, 3.63) is 30.1 Å². The van der Waals surface area contributed by atoms with E-state index in [1.165, 1.54) is 31.2 Å². The van der Waals surface area contributed by atoms with E-state index in [9.17, 15) is 14.0 Å². The van der Waals surface area contributed by atoms with Crippen molar-refractivity contribution in [3.63, 3.8) is 0 Å². The summed E-state index contributed by atoms with van der Waals surface area (Å²) in [6, 6.07) is 4.68. The molecule has 3 amide bonds. The Morgan fingerprint density at radius 1 is 1.35 bits per heavy atom. The highest BCUT2D eigenvalue weighted by Gasteiger charge is 2.16. The number of carbonyl (C=O) groups is 2. The van der Waals surface area contributed by atoms with Crippen LogP contribution in [0.5, 0.6) is 0 Å². The number of benzene rings is 1. The molecule has 0 heterocycles. The molecule has 3 N–H and O–H groups in total. The third kappa shape index (κ3) is 3.84. The predicted molar refractivity (Wildman–Crippen MR) is 61.9 cm³/mol. The topological polar surface area (TPSA) is 75.4 Å². The quantitative estimate of drug-likeness (QED) is 0.831. The molecule has 5 nitrogen and oxygen atoms in total. The zero-order valence-electron chi connectivity index (χ0n) is 9.44. The van der Waals surface area contributed by atoms with Crippen LogP contribution >= 0.6 is 0 Å². The molecule has 0 aliphatic carbocycles. The predicted octanol–water partition coefficient (Wildman–Crippen LogP) is 1.16. The van der Waals surface area contributed by atoms with Gasteiger partial charge in [-0.2, -0.15) is 0 Å². The molecule has 0 saturated heterocycles. The van der Waals surface area contributed by atoms with E-state index in [0.29, 0.717) is 5.69 Å². The molecule has 1 aromatic rings. The number of carbonyl (C=O) groups excluding carboxylic acids is 2. The monoisotopic (exact) mass is 239 g/mol. The number of nitrogens with zero attached hydrogens (tertiary/aromatic N) is 1. The van der Waals surface area contributed by atoms with Crippen LogP contribution in [0, 0.1) is 5.82 Å². The Kier molecular flexibility index (Phi) is 4.59. The molecule has 0 saturated carbocycles. The summed E-state index contributed by atoms with van der Waals surface area (Å²) < 4.78 is 12.6. The van der Waals surface area contributed by atoms with Gasteiger partial charge in [0.15, 0.2) is 0 Å². The molecular weight excluding hydrogens is 225 g/mol. The van der Waals surface area contributed by atoms with Gasteiger partial charge in [0.2, 0.25) is 5.91 Å². The Balaban J connectivity index is 2.69. The van der Waals surface area contributed by atoms with Gasteiger partial charge in [-0.1, -0.05) is 0 Å². The first-order valence-electron chi connectivity index (χ1n) is 5.09. The molecule has 17 heavy (non-hydrogen) atoms. The standard InChI is InChI=1S/C11H14FN3O2/c1-8(16)15(7-6-13)11(17)14-10-4-2-9(12)3-5-10/h2-5H,6-7,13H2,1H3,(H,14,17). The third-order valence-corrected chi connectivity index (χ3v) is 2.07. The molecule has 0 unspecified atom stereocenters. The van der Waals surface area contributed by atoms with Crippen molar-refractivity contribution in [2.45, 2.75) is 6.92 Å². The zero-order valence-corrected chi connectivity index (χ0v) is 9.44. The Bertz CT molecular complexity index is 406. The maximum absolute atomic E-state index is 12.6. The number of anilines is 1. The van der Waals surface area contributed by atoms with Crippen molar-refractivity contribution < 1.29 is 14.0 Å². The second-order valence-electron chi connectivity index (χ2n) is 3.40. The fourth-order valence-corrected chi connectivity index (χ4v) is 1.26. The van der Waals surface area contributed by atoms with Crippen molar-refractivity contribution in [1.82, 2.24) is 4.90 Å². The number of hydrogen-bond donors (Lipinski definition) is 2. The van der Waals surface area contributed by atoms with Crippen LogP contribution < -0.4 is 11.1 Å². The average Bonchev–Trinajstić information content (AvgIpc) is 2.28. The van der Waals surface area contributed by atoms with E-state index in [-0.39, 0.29) is 13.1 Å². The smallest absolute Gasteiger partial charge is 0.328 e. The van der Waals surface area contributed by atoms with E-state index in [2.05, 4.69) is 5.32 Å². The normalized spacial score (nSPS) is 9.82. The molecule has 0 fully saturated rings. The average molecular weight is 239 g/mol. The third-order valence-electron chi connectivity index (χ3n) is 2.07. The van der Waals surface area contributed by atoms with Crippen molar-refractivity contribution in [3.8, 4) is 0 Å². The molecule has 0 radical (unpaired) electrons. The summed E-state index contributed by atoms with van der Waals surface area (Å²) in [7, 11) is 0. The molecule has 92 valence electrons. The second kappa shape index (κ2) is 5.95. The summed E-state index contributed by atoms with van der Waals surface area (Å²) in [5.74, 6) is -0.788. The van der Waals surface area contributed by atoms with Crippen molar-refractivity contribution >= 4 is 17.6 Å². The maximum Gasteiger partial charge on any atom is 0.328 e. The lowest BCUT2D eigenvalue weighted by atomic mass is 10.3. The Morgan fingerprint density at radius 2 is 1.94 bits per heavy atom. The number of halogens is 1. The number of urea groups is 1. The van der Waals surface area contributed by atoms with Gasteiger partial charge >= 0.3 is 6.03 Å². The first-order chi connectivity index (χ1) is 8.04. The van der Waals surface area contributed by atoms with Gasteiger partial charge in [-0.3, -0.25) is 9.69 Å². The number of hydrogen-bond acceptors (Lipinski definition) is 3. The van der Waals surface area contributed by atoms with Gasteiger partial charge in [0.1, 0.15) is 5.82 Å². The summed E-state index contributed by atoms with van der Waals surface area (Å²) in [6.45, 7) is 1.61. The molecular formula is C11H14FN3O2. The maximum atomic E-state index is 12.6. The number of nitrogens with one attached hydrogen (secondary N) is 1. The van der Waals surface area contributed by atoms with Crippen LogP contribution in [0.3, 0.4) is 0 Å². The molecule has 1 aromatic carbocycles. The fraction of sp³-hybridized carbons (Fsp3) is 0.273. The van der Waals surface area contributed by atoms with E-state index in [4.69, 9.17) is 5.73 Å². The van der Waals surface area contributed by atoms with E-state index < -0.39 is 17.8 Å². The van der Waals surface area contributed by atoms with Gasteiger partial charge in [0.25, 0.3) is 0 Å². The summed E-state index contributed by atoms with van der Waals surface area (Å²) in [6.07, 6.45) is 0. The molecule has 0 aliphatic heterocycles. The molecule has 1 rings (SSSR count).